The average molecular weight is 258 g/mol. The van der Waals surface area contributed by atoms with Gasteiger partial charge in [-0.25, -0.2) is 0 Å². The third-order valence-electron chi connectivity index (χ3n) is 3.51. The van der Waals surface area contributed by atoms with Crippen molar-refractivity contribution in [3.8, 4) is 0 Å². The number of rotatable bonds is 0. The third-order valence-corrected chi connectivity index (χ3v) is 3.51. The molecule has 1 heteroatoms. The van der Waals surface area contributed by atoms with E-state index in [0.29, 0.717) is 0 Å². The summed E-state index contributed by atoms with van der Waals surface area (Å²) in [7, 11) is 0. The van der Waals surface area contributed by atoms with Gasteiger partial charge in [0, 0.05) is 18.6 Å². The third kappa shape index (κ3) is 2.16. The molecule has 0 amide bonds. The molecular formula is C16H15V-. The quantitative estimate of drug-likeness (QED) is 0.631. The average Bonchev–Trinajstić information content (AvgIpc) is 2.49. The Labute approximate surface area is 115 Å². The minimum absolute atomic E-state index is 0. The van der Waals surface area contributed by atoms with E-state index < -0.39 is 0 Å². The molecule has 0 bridgehead atoms. The molecule has 1 aliphatic carbocycles. The maximum Gasteiger partial charge on any atom is 0 e. The Kier molecular flexibility index (Phi) is 3.66. The number of hydrogen-bond acceptors (Lipinski definition) is 0. The van der Waals surface area contributed by atoms with Gasteiger partial charge in [0.05, 0.1) is 0 Å². The van der Waals surface area contributed by atoms with Gasteiger partial charge in [-0.1, -0.05) is 56.2 Å². The van der Waals surface area contributed by atoms with Crippen LogP contribution in [0.25, 0.3) is 0 Å². The zero-order valence-corrected chi connectivity index (χ0v) is 11.4. The van der Waals surface area contributed by atoms with Crippen LogP contribution >= 0.6 is 0 Å². The summed E-state index contributed by atoms with van der Waals surface area (Å²) in [6.45, 7) is 2.24. The van der Waals surface area contributed by atoms with Crippen LogP contribution in [0.5, 0.6) is 0 Å². The van der Waals surface area contributed by atoms with E-state index in [1.165, 1.54) is 28.2 Å². The van der Waals surface area contributed by atoms with Gasteiger partial charge in [-0.05, 0) is 0 Å². The second kappa shape index (κ2) is 5.04. The summed E-state index contributed by atoms with van der Waals surface area (Å²) in [4.78, 5) is 0. The van der Waals surface area contributed by atoms with E-state index in [-0.39, 0.29) is 18.6 Å². The second-order valence-electron chi connectivity index (χ2n) is 4.44. The van der Waals surface area contributed by atoms with Crippen molar-refractivity contribution in [2.24, 2.45) is 0 Å². The maximum absolute atomic E-state index is 2.25. The maximum atomic E-state index is 2.25. The fraction of sp³-hybridized carbons (Fsp3) is 0.188. The van der Waals surface area contributed by atoms with Crippen molar-refractivity contribution in [3.05, 3.63) is 76.7 Å². The molecule has 17 heavy (non-hydrogen) atoms. The Balaban J connectivity index is 0.00000108. The summed E-state index contributed by atoms with van der Waals surface area (Å²) in [6, 6.07) is 17.5. The molecule has 3 rings (SSSR count). The first-order valence-electron chi connectivity index (χ1n) is 5.86. The van der Waals surface area contributed by atoms with E-state index >= 15 is 0 Å². The molecule has 0 aromatic heterocycles. The summed E-state index contributed by atoms with van der Waals surface area (Å²) >= 11 is 0. The first-order chi connectivity index (χ1) is 7.86. The van der Waals surface area contributed by atoms with Crippen LogP contribution in [0.1, 0.15) is 29.2 Å². The van der Waals surface area contributed by atoms with E-state index in [9.17, 15) is 0 Å². The second-order valence-corrected chi connectivity index (χ2v) is 4.44. The topological polar surface area (TPSA) is 0 Å². The predicted octanol–water partition coefficient (Wildman–Crippen LogP) is 3.77. The SMILES string of the molecule is C[C-]1c2ccccc2CCc2ccccc21.[V]. The molecule has 1 aliphatic rings. The number of aryl methyl sites for hydroxylation is 2. The van der Waals surface area contributed by atoms with Gasteiger partial charge in [0.25, 0.3) is 0 Å². The van der Waals surface area contributed by atoms with Crippen molar-refractivity contribution in [1.29, 1.82) is 0 Å². The van der Waals surface area contributed by atoms with Crippen molar-refractivity contribution in [1.82, 2.24) is 0 Å². The van der Waals surface area contributed by atoms with Gasteiger partial charge in [-0.2, -0.15) is 0 Å². The predicted molar refractivity (Wildman–Crippen MR) is 67.4 cm³/mol. The van der Waals surface area contributed by atoms with Gasteiger partial charge in [-0.3, -0.25) is 0 Å². The van der Waals surface area contributed by atoms with Crippen LogP contribution in [0, 0.1) is 5.92 Å². The molecule has 1 radical (unpaired) electrons. The van der Waals surface area contributed by atoms with E-state index in [2.05, 4.69) is 55.5 Å². The van der Waals surface area contributed by atoms with Crippen molar-refractivity contribution < 1.29 is 18.6 Å². The van der Waals surface area contributed by atoms with E-state index in [1.54, 1.807) is 0 Å². The molecule has 2 aromatic rings. The molecule has 0 nitrogen and oxygen atoms in total. The summed E-state index contributed by atoms with van der Waals surface area (Å²) < 4.78 is 0. The normalized spacial score (nSPS) is 13.1. The molecule has 0 spiro atoms. The van der Waals surface area contributed by atoms with Crippen molar-refractivity contribution >= 4 is 0 Å². The fourth-order valence-electron chi connectivity index (χ4n) is 2.62. The molecule has 0 fully saturated rings. The first kappa shape index (κ1) is 12.4. The minimum atomic E-state index is 0. The van der Waals surface area contributed by atoms with Crippen LogP contribution in [-0.2, 0) is 31.4 Å². The number of fused-ring (bicyclic) bond motifs is 2. The molecule has 0 atom stereocenters. The Morgan fingerprint density at radius 3 is 1.65 bits per heavy atom. The van der Waals surface area contributed by atoms with Crippen LogP contribution in [0.3, 0.4) is 0 Å². The van der Waals surface area contributed by atoms with Gasteiger partial charge in [0.15, 0.2) is 0 Å². The Morgan fingerprint density at radius 1 is 0.765 bits per heavy atom. The molecule has 0 heterocycles. The monoisotopic (exact) mass is 258 g/mol. The van der Waals surface area contributed by atoms with Crippen molar-refractivity contribution in [2.45, 2.75) is 19.8 Å². The van der Waals surface area contributed by atoms with Crippen LogP contribution < -0.4 is 0 Å². The van der Waals surface area contributed by atoms with E-state index in [0.717, 1.165) is 12.8 Å². The van der Waals surface area contributed by atoms with Crippen LogP contribution in [-0.4, -0.2) is 0 Å². The summed E-state index contributed by atoms with van der Waals surface area (Å²) in [5.74, 6) is 1.42. The zero-order valence-electron chi connectivity index (χ0n) is 9.98. The van der Waals surface area contributed by atoms with Gasteiger partial charge in [0.1, 0.15) is 0 Å². The molecule has 0 saturated carbocycles. The molecule has 0 N–H and O–H groups in total. The van der Waals surface area contributed by atoms with E-state index in [4.69, 9.17) is 0 Å². The molecular weight excluding hydrogens is 243 g/mol. The van der Waals surface area contributed by atoms with Crippen molar-refractivity contribution in [3.63, 3.8) is 0 Å². The Morgan fingerprint density at radius 2 is 1.18 bits per heavy atom. The smallest absolute Gasteiger partial charge is 0 e. The van der Waals surface area contributed by atoms with Gasteiger partial charge in [-0.15, -0.1) is 40.3 Å². The van der Waals surface area contributed by atoms with Crippen LogP contribution in [0.2, 0.25) is 0 Å². The van der Waals surface area contributed by atoms with Gasteiger partial charge in [0.2, 0.25) is 0 Å². The van der Waals surface area contributed by atoms with Crippen LogP contribution in [0.15, 0.2) is 48.5 Å². The summed E-state index contributed by atoms with van der Waals surface area (Å²) in [6.07, 6.45) is 2.31. The van der Waals surface area contributed by atoms with E-state index in [1.807, 2.05) is 0 Å². The standard InChI is InChI=1S/C16H15.V/c1-12-15-8-4-2-6-13(15)10-11-14-7-3-5-9-16(12)14;/h2-9H,10-11H2,1H3;/q-1;. The fourth-order valence-corrected chi connectivity index (χ4v) is 2.62. The van der Waals surface area contributed by atoms with Crippen molar-refractivity contribution in [2.75, 3.05) is 0 Å². The van der Waals surface area contributed by atoms with Gasteiger partial charge >= 0.3 is 0 Å². The van der Waals surface area contributed by atoms with Gasteiger partial charge < -0.3 is 0 Å². The molecule has 0 saturated heterocycles. The Bertz CT molecular complexity index is 469. The first-order valence-corrected chi connectivity index (χ1v) is 5.86. The molecule has 2 aromatic carbocycles. The summed E-state index contributed by atoms with van der Waals surface area (Å²) in [5, 5.41) is 0. The number of hydrogen-bond donors (Lipinski definition) is 0. The van der Waals surface area contributed by atoms with Crippen LogP contribution in [0.4, 0.5) is 0 Å². The Hall–Kier alpha value is -1.11. The number of benzene rings is 2. The molecule has 85 valence electrons. The molecule has 0 unspecified atom stereocenters. The minimum Gasteiger partial charge on any atom is -0.118 e. The largest absolute Gasteiger partial charge is 0.118 e. The zero-order chi connectivity index (χ0) is 11.0. The summed E-state index contributed by atoms with van der Waals surface area (Å²) in [5.41, 5.74) is 5.81. The molecule has 0 aliphatic heterocycles.